The molecule has 7 heteroatoms. The zero-order chi connectivity index (χ0) is 16.2. The molecular formula is C16H15BrN4OS. The molecule has 3 aromatic rings. The van der Waals surface area contributed by atoms with Crippen molar-refractivity contribution in [3.05, 3.63) is 52.9 Å². The molecule has 23 heavy (non-hydrogen) atoms. The Balaban J connectivity index is 1.83. The van der Waals surface area contributed by atoms with Gasteiger partial charge in [-0.1, -0.05) is 12.1 Å². The lowest BCUT2D eigenvalue weighted by Crippen LogP contribution is -2.20. The quantitative estimate of drug-likeness (QED) is 0.721. The molecule has 0 aliphatic heterocycles. The van der Waals surface area contributed by atoms with Gasteiger partial charge in [-0.05, 0) is 46.5 Å². The lowest BCUT2D eigenvalue weighted by Gasteiger charge is -2.09. The second-order valence-electron chi connectivity index (χ2n) is 4.95. The van der Waals surface area contributed by atoms with Crippen LogP contribution in [0.1, 0.15) is 5.82 Å². The summed E-state index contributed by atoms with van der Waals surface area (Å²) in [5, 5.41) is 2.82. The summed E-state index contributed by atoms with van der Waals surface area (Å²) in [7, 11) is 0. The minimum absolute atomic E-state index is 0.120. The van der Waals surface area contributed by atoms with Gasteiger partial charge in [-0.2, -0.15) is 11.8 Å². The Bertz CT molecular complexity index is 832. The first kappa shape index (κ1) is 16.0. The highest BCUT2D eigenvalue weighted by molar-refractivity contribution is 9.10. The van der Waals surface area contributed by atoms with Crippen molar-refractivity contribution in [3.8, 4) is 0 Å². The summed E-state index contributed by atoms with van der Waals surface area (Å²) >= 11 is 5.01. The number of amides is 1. The van der Waals surface area contributed by atoms with E-state index in [4.69, 9.17) is 0 Å². The van der Waals surface area contributed by atoms with Gasteiger partial charge >= 0.3 is 0 Å². The van der Waals surface area contributed by atoms with E-state index in [1.54, 1.807) is 24.0 Å². The van der Waals surface area contributed by atoms with Gasteiger partial charge in [-0.15, -0.1) is 0 Å². The fourth-order valence-corrected chi connectivity index (χ4v) is 3.03. The highest BCUT2D eigenvalue weighted by Gasteiger charge is 2.13. The van der Waals surface area contributed by atoms with Gasteiger partial charge in [0.1, 0.15) is 18.2 Å². The molecule has 0 saturated heterocycles. The van der Waals surface area contributed by atoms with Gasteiger partial charge in [0.25, 0.3) is 0 Å². The predicted molar refractivity (Wildman–Crippen MR) is 97.5 cm³/mol. The SMILES string of the molecule is CSCc1nc2ccccc2n1CC(=O)Nc1ccc(Br)cn1. The van der Waals surface area contributed by atoms with Crippen LogP contribution < -0.4 is 5.32 Å². The monoisotopic (exact) mass is 390 g/mol. The van der Waals surface area contributed by atoms with Crippen molar-refractivity contribution in [1.29, 1.82) is 0 Å². The second-order valence-corrected chi connectivity index (χ2v) is 6.73. The van der Waals surface area contributed by atoms with Crippen molar-refractivity contribution < 1.29 is 4.79 Å². The molecule has 0 aliphatic rings. The van der Waals surface area contributed by atoms with Crippen LogP contribution >= 0.6 is 27.7 Å². The van der Waals surface area contributed by atoms with E-state index in [1.165, 1.54) is 0 Å². The van der Waals surface area contributed by atoms with Crippen molar-refractivity contribution in [2.75, 3.05) is 11.6 Å². The summed E-state index contributed by atoms with van der Waals surface area (Å²) in [6.45, 7) is 0.216. The molecular weight excluding hydrogens is 376 g/mol. The molecule has 0 fully saturated rings. The van der Waals surface area contributed by atoms with E-state index in [1.807, 2.05) is 41.2 Å². The predicted octanol–water partition coefficient (Wildman–Crippen LogP) is 3.70. The largest absolute Gasteiger partial charge is 0.318 e. The first-order valence-corrected chi connectivity index (χ1v) is 9.20. The van der Waals surface area contributed by atoms with Crippen molar-refractivity contribution in [2.24, 2.45) is 0 Å². The van der Waals surface area contributed by atoms with E-state index in [9.17, 15) is 4.79 Å². The number of imidazole rings is 1. The Labute approximate surface area is 146 Å². The number of nitrogens with zero attached hydrogens (tertiary/aromatic N) is 3. The highest BCUT2D eigenvalue weighted by atomic mass is 79.9. The van der Waals surface area contributed by atoms with Crippen LogP contribution in [0.5, 0.6) is 0 Å². The number of carbonyl (C=O) groups excluding carboxylic acids is 1. The summed E-state index contributed by atoms with van der Waals surface area (Å²) in [5.74, 6) is 2.08. The van der Waals surface area contributed by atoms with Gasteiger partial charge in [0.2, 0.25) is 5.91 Å². The molecule has 0 unspecified atom stereocenters. The molecule has 0 spiro atoms. The smallest absolute Gasteiger partial charge is 0.245 e. The fraction of sp³-hybridized carbons (Fsp3) is 0.188. The average Bonchev–Trinajstić information content (AvgIpc) is 2.88. The fourth-order valence-electron chi connectivity index (χ4n) is 2.32. The normalized spacial score (nSPS) is 10.9. The number of hydrogen-bond acceptors (Lipinski definition) is 4. The van der Waals surface area contributed by atoms with Crippen molar-refractivity contribution in [1.82, 2.24) is 14.5 Å². The Hall–Kier alpha value is -1.86. The number of hydrogen-bond donors (Lipinski definition) is 1. The summed E-state index contributed by atoms with van der Waals surface area (Å²) in [6, 6.07) is 11.5. The number of pyridine rings is 1. The van der Waals surface area contributed by atoms with Crippen LogP contribution in [-0.2, 0) is 17.1 Å². The maximum Gasteiger partial charge on any atom is 0.245 e. The van der Waals surface area contributed by atoms with Crippen LogP contribution in [0.25, 0.3) is 11.0 Å². The summed E-state index contributed by atoms with van der Waals surface area (Å²) in [5.41, 5.74) is 1.88. The van der Waals surface area contributed by atoms with Crippen LogP contribution in [0.2, 0.25) is 0 Å². The first-order valence-electron chi connectivity index (χ1n) is 7.02. The van der Waals surface area contributed by atoms with E-state index in [0.29, 0.717) is 5.82 Å². The van der Waals surface area contributed by atoms with Crippen LogP contribution in [0.3, 0.4) is 0 Å². The summed E-state index contributed by atoms with van der Waals surface area (Å²) in [4.78, 5) is 21.1. The van der Waals surface area contributed by atoms with E-state index in [0.717, 1.165) is 27.1 Å². The third-order valence-electron chi connectivity index (χ3n) is 3.30. The van der Waals surface area contributed by atoms with Crippen LogP contribution in [0.4, 0.5) is 5.82 Å². The van der Waals surface area contributed by atoms with Gasteiger partial charge in [0, 0.05) is 10.7 Å². The second kappa shape index (κ2) is 7.14. The Morgan fingerprint density at radius 2 is 2.13 bits per heavy atom. The van der Waals surface area contributed by atoms with Crippen molar-refractivity contribution in [3.63, 3.8) is 0 Å². The molecule has 2 heterocycles. The number of para-hydroxylation sites is 2. The molecule has 0 radical (unpaired) electrons. The maximum absolute atomic E-state index is 12.3. The minimum atomic E-state index is -0.120. The van der Waals surface area contributed by atoms with Crippen LogP contribution in [0.15, 0.2) is 47.1 Å². The Morgan fingerprint density at radius 1 is 1.30 bits per heavy atom. The van der Waals surface area contributed by atoms with Gasteiger partial charge < -0.3 is 9.88 Å². The number of fused-ring (bicyclic) bond motifs is 1. The topological polar surface area (TPSA) is 59.8 Å². The number of nitrogens with one attached hydrogen (secondary N) is 1. The van der Waals surface area contributed by atoms with Gasteiger partial charge in [-0.25, -0.2) is 9.97 Å². The number of rotatable bonds is 5. The molecule has 1 amide bonds. The van der Waals surface area contributed by atoms with Crippen molar-refractivity contribution in [2.45, 2.75) is 12.3 Å². The number of carbonyl (C=O) groups is 1. The number of thioether (sulfide) groups is 1. The van der Waals surface area contributed by atoms with Gasteiger partial charge in [0.15, 0.2) is 0 Å². The summed E-state index contributed by atoms with van der Waals surface area (Å²) in [6.07, 6.45) is 3.68. The Morgan fingerprint density at radius 3 is 2.87 bits per heavy atom. The molecule has 0 saturated carbocycles. The standard InChI is InChI=1S/C16H15BrN4OS/c1-23-10-15-19-12-4-2-3-5-13(12)21(15)9-16(22)20-14-7-6-11(17)8-18-14/h2-8H,9-10H2,1H3,(H,18,20,22). The van der Waals surface area contributed by atoms with Gasteiger partial charge in [-0.3, -0.25) is 4.79 Å². The Kier molecular flexibility index (Phi) is 4.97. The third kappa shape index (κ3) is 3.73. The van der Waals surface area contributed by atoms with Crippen LogP contribution in [-0.4, -0.2) is 26.7 Å². The molecule has 2 aromatic heterocycles. The number of halogens is 1. The number of aromatic nitrogens is 3. The molecule has 5 nitrogen and oxygen atoms in total. The molecule has 1 aromatic carbocycles. The molecule has 0 aliphatic carbocycles. The number of anilines is 1. The lowest BCUT2D eigenvalue weighted by molar-refractivity contribution is -0.116. The first-order chi connectivity index (χ1) is 11.2. The van der Waals surface area contributed by atoms with E-state index >= 15 is 0 Å². The third-order valence-corrected chi connectivity index (χ3v) is 4.32. The molecule has 3 rings (SSSR count). The molecule has 118 valence electrons. The number of benzene rings is 1. The molecule has 0 bridgehead atoms. The minimum Gasteiger partial charge on any atom is -0.318 e. The van der Waals surface area contributed by atoms with E-state index in [-0.39, 0.29) is 12.5 Å². The maximum atomic E-state index is 12.3. The van der Waals surface area contributed by atoms with Crippen molar-refractivity contribution >= 4 is 50.5 Å². The summed E-state index contributed by atoms with van der Waals surface area (Å²) < 4.78 is 2.83. The zero-order valence-electron chi connectivity index (χ0n) is 12.5. The van der Waals surface area contributed by atoms with Crippen LogP contribution in [0, 0.1) is 0 Å². The van der Waals surface area contributed by atoms with E-state index < -0.39 is 0 Å². The molecule has 0 atom stereocenters. The average molecular weight is 391 g/mol. The highest BCUT2D eigenvalue weighted by Crippen LogP contribution is 2.19. The van der Waals surface area contributed by atoms with Gasteiger partial charge in [0.05, 0.1) is 16.8 Å². The lowest BCUT2D eigenvalue weighted by atomic mass is 10.3. The molecule has 1 N–H and O–H groups in total. The van der Waals surface area contributed by atoms with E-state index in [2.05, 4.69) is 31.2 Å². The zero-order valence-corrected chi connectivity index (χ0v) is 14.9.